The van der Waals surface area contributed by atoms with Crippen LogP contribution in [0.2, 0.25) is 5.02 Å². The number of halogens is 1. The molecule has 0 saturated carbocycles. The van der Waals surface area contributed by atoms with E-state index in [2.05, 4.69) is 10.5 Å². The molecule has 0 aliphatic carbocycles. The molecule has 84 valence electrons. The lowest BCUT2D eigenvalue weighted by Gasteiger charge is -2.02. The number of nitrogens with two attached hydrogens (primary N) is 1. The van der Waals surface area contributed by atoms with Crippen LogP contribution in [0.5, 0.6) is 0 Å². The third kappa shape index (κ3) is 3.20. The third-order valence-corrected chi connectivity index (χ3v) is 2.06. The van der Waals surface area contributed by atoms with Gasteiger partial charge >= 0.3 is 0 Å². The van der Waals surface area contributed by atoms with E-state index >= 15 is 0 Å². The fraction of sp³-hybridized carbons (Fsp3) is 0. The van der Waals surface area contributed by atoms with E-state index in [0.29, 0.717) is 11.3 Å². The van der Waals surface area contributed by atoms with E-state index in [4.69, 9.17) is 33.3 Å². The average Bonchev–Trinajstić information content (AvgIpc) is 2.29. The molecule has 1 aromatic rings. The highest BCUT2D eigenvalue weighted by Gasteiger charge is 2.03. The summed E-state index contributed by atoms with van der Waals surface area (Å²) in [6.07, 6.45) is 0. The van der Waals surface area contributed by atoms with Crippen molar-refractivity contribution in [1.29, 1.82) is 15.9 Å². The molecule has 0 amide bonds. The Morgan fingerprint density at radius 2 is 2.18 bits per heavy atom. The number of hydrogen-bond donors (Lipinski definition) is 3. The summed E-state index contributed by atoms with van der Waals surface area (Å²) in [5, 5.41) is 28.2. The minimum atomic E-state index is -0.431. The summed E-state index contributed by atoms with van der Waals surface area (Å²) in [6.45, 7) is 0. The van der Waals surface area contributed by atoms with Gasteiger partial charge in [-0.2, -0.15) is 15.6 Å². The van der Waals surface area contributed by atoms with E-state index in [1.54, 1.807) is 12.1 Å². The average molecular weight is 247 g/mol. The van der Waals surface area contributed by atoms with Crippen LogP contribution in [-0.4, -0.2) is 11.5 Å². The Hall–Kier alpha value is -2.57. The fourth-order valence-corrected chi connectivity index (χ4v) is 1.16. The van der Waals surface area contributed by atoms with Crippen molar-refractivity contribution in [3.8, 4) is 12.1 Å². The maximum Gasteiger partial charge on any atom is 0.201 e. The quantitative estimate of drug-likeness (QED) is 0.424. The molecule has 0 aromatic heterocycles. The summed E-state index contributed by atoms with van der Waals surface area (Å²) in [5.41, 5.74) is 8.23. The standard InChI is InChI=1S/C10H7ClN6/c11-8-3-7(2-1-6(8)4-12)16-17-9(5-13)10(14)15/h1-3,16H,(H3,14,15)/b17-9+. The van der Waals surface area contributed by atoms with Gasteiger partial charge in [0.05, 0.1) is 16.3 Å². The Balaban J connectivity index is 2.92. The molecule has 4 N–H and O–H groups in total. The normalized spacial score (nSPS) is 10.2. The van der Waals surface area contributed by atoms with Gasteiger partial charge in [-0.25, -0.2) is 0 Å². The Bertz CT molecular complexity index is 563. The van der Waals surface area contributed by atoms with Crippen LogP contribution in [0.3, 0.4) is 0 Å². The Labute approximate surface area is 102 Å². The highest BCUT2D eigenvalue weighted by atomic mass is 35.5. The lowest BCUT2D eigenvalue weighted by Crippen LogP contribution is -2.21. The number of hydrazone groups is 1. The lowest BCUT2D eigenvalue weighted by atomic mass is 10.2. The first kappa shape index (κ1) is 12.5. The van der Waals surface area contributed by atoms with Crippen molar-refractivity contribution in [2.24, 2.45) is 10.8 Å². The van der Waals surface area contributed by atoms with Crippen molar-refractivity contribution in [3.63, 3.8) is 0 Å². The van der Waals surface area contributed by atoms with Crippen LogP contribution >= 0.6 is 11.6 Å². The Morgan fingerprint density at radius 3 is 2.65 bits per heavy atom. The van der Waals surface area contributed by atoms with Crippen molar-refractivity contribution in [2.45, 2.75) is 0 Å². The summed E-state index contributed by atoms with van der Waals surface area (Å²) in [5.74, 6) is -0.431. The maximum absolute atomic E-state index is 8.67. The van der Waals surface area contributed by atoms with Gasteiger partial charge in [-0.15, -0.1) is 0 Å². The summed E-state index contributed by atoms with van der Waals surface area (Å²) < 4.78 is 0. The first-order chi connectivity index (χ1) is 8.08. The first-order valence-electron chi connectivity index (χ1n) is 4.36. The second-order valence-electron chi connectivity index (χ2n) is 2.90. The number of anilines is 1. The summed E-state index contributed by atoms with van der Waals surface area (Å²) >= 11 is 5.80. The number of rotatable bonds is 3. The van der Waals surface area contributed by atoms with Gasteiger partial charge in [0.25, 0.3) is 0 Å². The first-order valence-corrected chi connectivity index (χ1v) is 4.74. The largest absolute Gasteiger partial charge is 0.382 e. The Morgan fingerprint density at radius 1 is 1.47 bits per heavy atom. The predicted octanol–water partition coefficient (Wildman–Crippen LogP) is 1.44. The smallest absolute Gasteiger partial charge is 0.201 e. The summed E-state index contributed by atoms with van der Waals surface area (Å²) in [7, 11) is 0. The van der Waals surface area contributed by atoms with Gasteiger partial charge in [-0.05, 0) is 18.2 Å². The number of nitriles is 2. The number of nitrogens with zero attached hydrogens (tertiary/aromatic N) is 3. The second kappa shape index (κ2) is 5.50. The molecule has 1 rings (SSSR count). The molecule has 0 radical (unpaired) electrons. The van der Waals surface area contributed by atoms with Crippen molar-refractivity contribution in [2.75, 3.05) is 5.43 Å². The number of hydrogen-bond acceptors (Lipinski definition) is 5. The summed E-state index contributed by atoms with van der Waals surface area (Å²) in [6, 6.07) is 8.15. The van der Waals surface area contributed by atoms with Gasteiger partial charge in [0.1, 0.15) is 12.1 Å². The van der Waals surface area contributed by atoms with Crippen LogP contribution < -0.4 is 11.2 Å². The van der Waals surface area contributed by atoms with Gasteiger partial charge in [0.2, 0.25) is 5.71 Å². The van der Waals surface area contributed by atoms with Crippen molar-refractivity contribution < 1.29 is 0 Å². The molecule has 0 bridgehead atoms. The molecule has 0 aliphatic heterocycles. The van der Waals surface area contributed by atoms with E-state index in [9.17, 15) is 0 Å². The molecule has 0 fully saturated rings. The van der Waals surface area contributed by atoms with E-state index in [-0.39, 0.29) is 10.7 Å². The molecule has 0 unspecified atom stereocenters. The minimum Gasteiger partial charge on any atom is -0.382 e. The third-order valence-electron chi connectivity index (χ3n) is 1.75. The zero-order valence-electron chi connectivity index (χ0n) is 8.53. The van der Waals surface area contributed by atoms with E-state index in [0.717, 1.165) is 0 Å². The molecule has 7 heteroatoms. The van der Waals surface area contributed by atoms with Crippen LogP contribution in [0.1, 0.15) is 5.56 Å². The van der Waals surface area contributed by atoms with E-state index < -0.39 is 5.84 Å². The van der Waals surface area contributed by atoms with E-state index in [1.807, 2.05) is 6.07 Å². The van der Waals surface area contributed by atoms with Gasteiger partial charge in [-0.1, -0.05) is 11.6 Å². The molecular weight excluding hydrogens is 240 g/mol. The van der Waals surface area contributed by atoms with Crippen molar-refractivity contribution >= 4 is 28.8 Å². The fourth-order valence-electron chi connectivity index (χ4n) is 0.941. The van der Waals surface area contributed by atoms with Gasteiger partial charge < -0.3 is 5.73 Å². The van der Waals surface area contributed by atoms with Gasteiger partial charge in [0, 0.05) is 0 Å². The molecule has 0 aliphatic rings. The monoisotopic (exact) mass is 246 g/mol. The molecule has 17 heavy (non-hydrogen) atoms. The number of nitrogens with one attached hydrogen (secondary N) is 2. The highest BCUT2D eigenvalue weighted by molar-refractivity contribution is 6.45. The lowest BCUT2D eigenvalue weighted by molar-refractivity contribution is 1.33. The molecule has 0 spiro atoms. The molecule has 0 saturated heterocycles. The molecular formula is C10H7ClN6. The predicted molar refractivity (Wildman–Crippen MR) is 64.8 cm³/mol. The van der Waals surface area contributed by atoms with Gasteiger partial charge in [-0.3, -0.25) is 10.8 Å². The van der Waals surface area contributed by atoms with Gasteiger partial charge in [0.15, 0.2) is 5.84 Å². The summed E-state index contributed by atoms with van der Waals surface area (Å²) in [4.78, 5) is 0. The van der Waals surface area contributed by atoms with Crippen LogP contribution in [0.4, 0.5) is 5.69 Å². The SMILES string of the molecule is N#C/C(=N\Nc1ccc(C#N)c(Cl)c1)C(=N)N. The van der Waals surface area contributed by atoms with Crippen molar-refractivity contribution in [3.05, 3.63) is 28.8 Å². The molecule has 0 heterocycles. The zero-order chi connectivity index (χ0) is 12.8. The Kier molecular flexibility index (Phi) is 4.04. The molecule has 6 nitrogen and oxygen atoms in total. The van der Waals surface area contributed by atoms with Crippen LogP contribution in [-0.2, 0) is 0 Å². The zero-order valence-corrected chi connectivity index (χ0v) is 9.28. The number of benzene rings is 1. The maximum atomic E-state index is 8.67. The van der Waals surface area contributed by atoms with Crippen LogP contribution in [0.25, 0.3) is 0 Å². The van der Waals surface area contributed by atoms with Crippen LogP contribution in [0, 0.1) is 28.1 Å². The number of amidine groups is 1. The van der Waals surface area contributed by atoms with E-state index in [1.165, 1.54) is 12.1 Å². The van der Waals surface area contributed by atoms with Crippen molar-refractivity contribution in [1.82, 2.24) is 0 Å². The molecule has 0 atom stereocenters. The minimum absolute atomic E-state index is 0.231. The highest BCUT2D eigenvalue weighted by Crippen LogP contribution is 2.20. The molecule has 1 aromatic carbocycles. The van der Waals surface area contributed by atoms with Crippen LogP contribution in [0.15, 0.2) is 23.3 Å². The topological polar surface area (TPSA) is 122 Å². The second-order valence-corrected chi connectivity index (χ2v) is 3.31.